The molecule has 1 aromatic rings. The molecule has 3 heteroatoms. The van der Waals surface area contributed by atoms with Gasteiger partial charge >= 0.3 is 0 Å². The van der Waals surface area contributed by atoms with Crippen molar-refractivity contribution in [2.75, 3.05) is 26.9 Å². The van der Waals surface area contributed by atoms with Gasteiger partial charge in [0.15, 0.2) is 0 Å². The van der Waals surface area contributed by atoms with Crippen LogP contribution in [0.15, 0.2) is 24.5 Å². The zero-order valence-corrected chi connectivity index (χ0v) is 8.11. The van der Waals surface area contributed by atoms with E-state index >= 15 is 0 Å². The highest BCUT2D eigenvalue weighted by Crippen LogP contribution is 1.93. The molecule has 0 radical (unpaired) electrons. The highest BCUT2D eigenvalue weighted by Gasteiger charge is 1.90. The molecule has 74 valence electrons. The maximum Gasteiger partial charge on any atom is 0.0700 e. The number of hydrogen-bond donors (Lipinski definition) is 0. The molecule has 0 unspecified atom stereocenters. The van der Waals surface area contributed by atoms with E-state index in [1.807, 2.05) is 12.1 Å². The smallest absolute Gasteiger partial charge is 0.0700 e. The van der Waals surface area contributed by atoms with Gasteiger partial charge in [0.05, 0.1) is 13.2 Å². The predicted molar refractivity (Wildman–Crippen MR) is 51.7 cm³/mol. The highest BCUT2D eigenvalue weighted by molar-refractivity contribution is 4.89. The minimum atomic E-state index is 0.684. The SMILES string of the molecule is COCCOCCCn1cccc1. The van der Waals surface area contributed by atoms with Gasteiger partial charge in [0.25, 0.3) is 0 Å². The van der Waals surface area contributed by atoms with E-state index in [1.54, 1.807) is 7.11 Å². The largest absolute Gasteiger partial charge is 0.382 e. The summed E-state index contributed by atoms with van der Waals surface area (Å²) in [5, 5.41) is 0. The van der Waals surface area contributed by atoms with Crippen molar-refractivity contribution >= 4 is 0 Å². The molecular formula is C10H17NO2. The van der Waals surface area contributed by atoms with Crippen LogP contribution >= 0.6 is 0 Å². The van der Waals surface area contributed by atoms with Gasteiger partial charge in [-0.3, -0.25) is 0 Å². The van der Waals surface area contributed by atoms with E-state index in [1.165, 1.54) is 0 Å². The van der Waals surface area contributed by atoms with Gasteiger partial charge in [-0.2, -0.15) is 0 Å². The summed E-state index contributed by atoms with van der Waals surface area (Å²) in [6.07, 6.45) is 5.18. The molecule has 3 nitrogen and oxygen atoms in total. The Morgan fingerprint density at radius 1 is 1.08 bits per heavy atom. The van der Waals surface area contributed by atoms with Crippen molar-refractivity contribution in [2.24, 2.45) is 0 Å². The van der Waals surface area contributed by atoms with Gasteiger partial charge in [-0.05, 0) is 18.6 Å². The Morgan fingerprint density at radius 2 is 1.85 bits per heavy atom. The molecule has 0 aliphatic rings. The maximum atomic E-state index is 5.33. The molecule has 0 spiro atoms. The van der Waals surface area contributed by atoms with E-state index in [2.05, 4.69) is 17.0 Å². The molecule has 1 aromatic heterocycles. The third-order valence-corrected chi connectivity index (χ3v) is 1.80. The first-order chi connectivity index (χ1) is 6.43. The Hall–Kier alpha value is -0.800. The zero-order chi connectivity index (χ0) is 9.36. The average molecular weight is 183 g/mol. The number of aromatic nitrogens is 1. The summed E-state index contributed by atoms with van der Waals surface area (Å²) < 4.78 is 12.4. The third kappa shape index (κ3) is 4.70. The Kier molecular flexibility index (Phi) is 5.29. The van der Waals surface area contributed by atoms with Crippen molar-refractivity contribution in [1.29, 1.82) is 0 Å². The fourth-order valence-electron chi connectivity index (χ4n) is 1.11. The highest BCUT2D eigenvalue weighted by atomic mass is 16.5. The summed E-state index contributed by atoms with van der Waals surface area (Å²) >= 11 is 0. The Labute approximate surface area is 79.3 Å². The van der Waals surface area contributed by atoms with Gasteiger partial charge in [0.2, 0.25) is 0 Å². The van der Waals surface area contributed by atoms with Gasteiger partial charge in [0, 0.05) is 32.7 Å². The first-order valence-corrected chi connectivity index (χ1v) is 4.61. The Bertz CT molecular complexity index is 197. The van der Waals surface area contributed by atoms with Crippen molar-refractivity contribution in [2.45, 2.75) is 13.0 Å². The van der Waals surface area contributed by atoms with Crippen LogP contribution in [0.4, 0.5) is 0 Å². The number of methoxy groups -OCH3 is 1. The quantitative estimate of drug-likeness (QED) is 0.599. The summed E-state index contributed by atoms with van der Waals surface area (Å²) in [4.78, 5) is 0. The molecule has 0 fully saturated rings. The van der Waals surface area contributed by atoms with E-state index < -0.39 is 0 Å². The fourth-order valence-corrected chi connectivity index (χ4v) is 1.11. The van der Waals surface area contributed by atoms with E-state index in [9.17, 15) is 0 Å². The minimum absolute atomic E-state index is 0.684. The third-order valence-electron chi connectivity index (χ3n) is 1.80. The molecule has 0 amide bonds. The Balaban J connectivity index is 1.90. The van der Waals surface area contributed by atoms with Crippen molar-refractivity contribution in [3.8, 4) is 0 Å². The van der Waals surface area contributed by atoms with Crippen molar-refractivity contribution in [3.05, 3.63) is 24.5 Å². The monoisotopic (exact) mass is 183 g/mol. The van der Waals surface area contributed by atoms with Crippen LogP contribution in [-0.4, -0.2) is 31.5 Å². The average Bonchev–Trinajstić information content (AvgIpc) is 2.63. The first kappa shape index (κ1) is 10.3. The molecule has 13 heavy (non-hydrogen) atoms. The lowest BCUT2D eigenvalue weighted by atomic mass is 10.4. The van der Waals surface area contributed by atoms with Crippen LogP contribution in [0.1, 0.15) is 6.42 Å². The maximum absolute atomic E-state index is 5.33. The van der Waals surface area contributed by atoms with Gasteiger partial charge in [0.1, 0.15) is 0 Å². The molecule has 0 aromatic carbocycles. The molecule has 1 rings (SSSR count). The van der Waals surface area contributed by atoms with Crippen molar-refractivity contribution < 1.29 is 9.47 Å². The van der Waals surface area contributed by atoms with E-state index in [4.69, 9.17) is 9.47 Å². The van der Waals surface area contributed by atoms with Crippen LogP contribution < -0.4 is 0 Å². The number of ether oxygens (including phenoxy) is 2. The molecule has 0 N–H and O–H groups in total. The molecule has 0 aliphatic heterocycles. The standard InChI is InChI=1S/C10H17NO2/c1-12-9-10-13-8-4-7-11-5-2-3-6-11/h2-3,5-6H,4,7-10H2,1H3. The molecular weight excluding hydrogens is 166 g/mol. The van der Waals surface area contributed by atoms with Crippen LogP contribution in [0.3, 0.4) is 0 Å². The molecule has 0 aliphatic carbocycles. The predicted octanol–water partition coefficient (Wildman–Crippen LogP) is 1.54. The van der Waals surface area contributed by atoms with Crippen LogP contribution in [-0.2, 0) is 16.0 Å². The number of rotatable bonds is 7. The second kappa shape index (κ2) is 6.69. The van der Waals surface area contributed by atoms with Gasteiger partial charge < -0.3 is 14.0 Å². The second-order valence-corrected chi connectivity index (χ2v) is 2.88. The molecule has 0 atom stereocenters. The molecule has 0 saturated carbocycles. The Morgan fingerprint density at radius 3 is 2.54 bits per heavy atom. The zero-order valence-electron chi connectivity index (χ0n) is 8.11. The normalized spacial score (nSPS) is 10.5. The van der Waals surface area contributed by atoms with Gasteiger partial charge in [-0.15, -0.1) is 0 Å². The summed E-state index contributed by atoms with van der Waals surface area (Å²) in [5.74, 6) is 0. The van der Waals surface area contributed by atoms with Crippen molar-refractivity contribution in [3.63, 3.8) is 0 Å². The van der Waals surface area contributed by atoms with Crippen LogP contribution in [0.25, 0.3) is 0 Å². The molecule has 0 bridgehead atoms. The van der Waals surface area contributed by atoms with E-state index in [-0.39, 0.29) is 0 Å². The van der Waals surface area contributed by atoms with E-state index in [0.717, 1.165) is 19.6 Å². The van der Waals surface area contributed by atoms with E-state index in [0.29, 0.717) is 13.2 Å². The summed E-state index contributed by atoms with van der Waals surface area (Å²) in [6, 6.07) is 4.07. The lowest BCUT2D eigenvalue weighted by Crippen LogP contribution is -2.05. The van der Waals surface area contributed by atoms with Crippen LogP contribution in [0.5, 0.6) is 0 Å². The van der Waals surface area contributed by atoms with Crippen LogP contribution in [0.2, 0.25) is 0 Å². The van der Waals surface area contributed by atoms with Crippen LogP contribution in [0, 0.1) is 0 Å². The fraction of sp³-hybridized carbons (Fsp3) is 0.600. The summed E-state index contributed by atoms with van der Waals surface area (Å²) in [7, 11) is 1.68. The van der Waals surface area contributed by atoms with Gasteiger partial charge in [-0.1, -0.05) is 0 Å². The summed E-state index contributed by atoms with van der Waals surface area (Å²) in [5.41, 5.74) is 0. The van der Waals surface area contributed by atoms with Gasteiger partial charge in [-0.25, -0.2) is 0 Å². The number of nitrogens with zero attached hydrogens (tertiary/aromatic N) is 1. The summed E-state index contributed by atoms with van der Waals surface area (Å²) in [6.45, 7) is 3.22. The van der Waals surface area contributed by atoms with Crippen molar-refractivity contribution in [1.82, 2.24) is 4.57 Å². The molecule has 0 saturated heterocycles. The minimum Gasteiger partial charge on any atom is -0.382 e. The number of hydrogen-bond acceptors (Lipinski definition) is 2. The topological polar surface area (TPSA) is 23.4 Å². The molecule has 1 heterocycles. The first-order valence-electron chi connectivity index (χ1n) is 4.61. The number of aryl methyl sites for hydroxylation is 1. The lowest BCUT2D eigenvalue weighted by Gasteiger charge is -2.04. The lowest BCUT2D eigenvalue weighted by molar-refractivity contribution is 0.0680. The second-order valence-electron chi connectivity index (χ2n) is 2.88.